The topological polar surface area (TPSA) is 53.7 Å². The Labute approximate surface area is 108 Å². The first-order valence-corrected chi connectivity index (χ1v) is 5.75. The largest absolute Gasteiger partial charge is 0.496 e. The maximum atomic E-state index is 5.42. The molecule has 1 rings (SSSR count). The molecule has 0 spiro atoms. The lowest BCUT2D eigenvalue weighted by atomic mass is 10.1. The van der Waals surface area contributed by atoms with Crippen LogP contribution in [0, 0.1) is 11.8 Å². The van der Waals surface area contributed by atoms with Crippen molar-refractivity contribution in [1.82, 2.24) is 0 Å². The summed E-state index contributed by atoms with van der Waals surface area (Å²) in [4.78, 5) is 0. The number of unbranched alkanes of at least 4 members (excludes halogenated alkanes) is 1. The molecule has 0 aliphatic carbocycles. The molecule has 0 heterocycles. The highest BCUT2D eigenvalue weighted by atomic mass is 16.5. The van der Waals surface area contributed by atoms with Crippen LogP contribution in [-0.2, 0) is 0 Å². The molecule has 1 aromatic carbocycles. The fourth-order valence-corrected chi connectivity index (χ4v) is 1.47. The fraction of sp³-hybridized carbons (Fsp3) is 0.429. The predicted molar refractivity (Wildman–Crippen MR) is 71.3 cm³/mol. The van der Waals surface area contributed by atoms with E-state index < -0.39 is 0 Å². The molecule has 0 unspecified atom stereocenters. The number of nitrogens with two attached hydrogens (primary N) is 1. The summed E-state index contributed by atoms with van der Waals surface area (Å²) in [6, 6.07) is 3.57. The van der Waals surface area contributed by atoms with E-state index in [1.165, 1.54) is 0 Å². The van der Waals surface area contributed by atoms with Crippen molar-refractivity contribution in [3.8, 4) is 29.1 Å². The molecule has 0 radical (unpaired) electrons. The first-order valence-electron chi connectivity index (χ1n) is 5.75. The molecule has 98 valence electrons. The van der Waals surface area contributed by atoms with Gasteiger partial charge in [0, 0.05) is 18.6 Å². The third kappa shape index (κ3) is 3.57. The Bertz CT molecular complexity index is 421. The normalized spacial score (nSPS) is 9.33. The van der Waals surface area contributed by atoms with E-state index in [1.807, 2.05) is 0 Å². The molecular weight excluding hydrogens is 230 g/mol. The lowest BCUT2D eigenvalue weighted by molar-refractivity contribution is 0.374. The van der Waals surface area contributed by atoms with E-state index in [0.717, 1.165) is 18.4 Å². The van der Waals surface area contributed by atoms with Crippen molar-refractivity contribution in [2.24, 2.45) is 5.73 Å². The van der Waals surface area contributed by atoms with E-state index in [9.17, 15) is 0 Å². The summed E-state index contributed by atoms with van der Waals surface area (Å²) in [5.41, 5.74) is 6.16. The van der Waals surface area contributed by atoms with Crippen LogP contribution < -0.4 is 19.9 Å². The Kier molecular flexibility index (Phi) is 5.89. The second kappa shape index (κ2) is 7.46. The molecule has 4 nitrogen and oxygen atoms in total. The van der Waals surface area contributed by atoms with Crippen LogP contribution in [0.1, 0.15) is 18.4 Å². The highest BCUT2D eigenvalue weighted by molar-refractivity contribution is 5.58. The molecule has 0 saturated carbocycles. The van der Waals surface area contributed by atoms with Gasteiger partial charge in [-0.15, -0.1) is 0 Å². The van der Waals surface area contributed by atoms with E-state index >= 15 is 0 Å². The van der Waals surface area contributed by atoms with Crippen LogP contribution in [0.2, 0.25) is 0 Å². The third-order valence-corrected chi connectivity index (χ3v) is 2.43. The van der Waals surface area contributed by atoms with E-state index in [2.05, 4.69) is 11.8 Å². The summed E-state index contributed by atoms with van der Waals surface area (Å²) in [5.74, 6) is 8.08. The number of hydrogen-bond donors (Lipinski definition) is 1. The van der Waals surface area contributed by atoms with Gasteiger partial charge in [0.15, 0.2) is 0 Å². The minimum Gasteiger partial charge on any atom is -0.496 e. The van der Waals surface area contributed by atoms with Crippen molar-refractivity contribution in [1.29, 1.82) is 0 Å². The molecule has 0 aliphatic rings. The molecule has 0 atom stereocenters. The van der Waals surface area contributed by atoms with Gasteiger partial charge in [0.25, 0.3) is 0 Å². The molecule has 0 fully saturated rings. The molecule has 2 N–H and O–H groups in total. The van der Waals surface area contributed by atoms with Crippen molar-refractivity contribution in [3.05, 3.63) is 17.7 Å². The molecule has 1 aromatic rings. The summed E-state index contributed by atoms with van der Waals surface area (Å²) in [7, 11) is 4.79. The quantitative estimate of drug-likeness (QED) is 0.638. The second-order valence-corrected chi connectivity index (χ2v) is 3.60. The predicted octanol–water partition coefficient (Wildman–Crippen LogP) is 1.80. The summed E-state index contributed by atoms with van der Waals surface area (Å²) in [6.07, 6.45) is 1.64. The van der Waals surface area contributed by atoms with Crippen molar-refractivity contribution < 1.29 is 14.2 Å². The van der Waals surface area contributed by atoms with Crippen LogP contribution in [0.15, 0.2) is 12.1 Å². The zero-order chi connectivity index (χ0) is 13.4. The van der Waals surface area contributed by atoms with Gasteiger partial charge in [0.1, 0.15) is 22.8 Å². The Morgan fingerprint density at radius 3 is 2.11 bits per heavy atom. The standard InChI is InChI=1S/C14H19NO3/c1-16-11-9-13(17-2)12(14(10-11)18-3)7-5-4-6-8-15/h9-10H,4,6,8,15H2,1-3H3. The fourth-order valence-electron chi connectivity index (χ4n) is 1.47. The van der Waals surface area contributed by atoms with Gasteiger partial charge in [0.05, 0.1) is 21.3 Å². The summed E-state index contributed by atoms with van der Waals surface area (Å²) in [6.45, 7) is 0.644. The Morgan fingerprint density at radius 1 is 1.06 bits per heavy atom. The highest BCUT2D eigenvalue weighted by Crippen LogP contribution is 2.33. The number of benzene rings is 1. The van der Waals surface area contributed by atoms with Gasteiger partial charge >= 0.3 is 0 Å². The molecule has 18 heavy (non-hydrogen) atoms. The maximum Gasteiger partial charge on any atom is 0.141 e. The van der Waals surface area contributed by atoms with Crippen molar-refractivity contribution in [2.75, 3.05) is 27.9 Å². The first kappa shape index (κ1) is 14.2. The Morgan fingerprint density at radius 2 is 1.67 bits per heavy atom. The van der Waals surface area contributed by atoms with Gasteiger partial charge < -0.3 is 19.9 Å². The van der Waals surface area contributed by atoms with Gasteiger partial charge in [-0.25, -0.2) is 0 Å². The van der Waals surface area contributed by atoms with Gasteiger partial charge in [0.2, 0.25) is 0 Å². The second-order valence-electron chi connectivity index (χ2n) is 3.60. The van der Waals surface area contributed by atoms with Crippen molar-refractivity contribution in [3.63, 3.8) is 0 Å². The van der Waals surface area contributed by atoms with E-state index in [0.29, 0.717) is 23.8 Å². The lowest BCUT2D eigenvalue weighted by Crippen LogP contribution is -1.97. The van der Waals surface area contributed by atoms with Crippen LogP contribution in [0.4, 0.5) is 0 Å². The average molecular weight is 249 g/mol. The zero-order valence-corrected chi connectivity index (χ0v) is 11.1. The summed E-state index contributed by atoms with van der Waals surface area (Å²) in [5, 5.41) is 0. The zero-order valence-electron chi connectivity index (χ0n) is 11.1. The molecule has 0 aliphatic heterocycles. The van der Waals surface area contributed by atoms with Crippen LogP contribution >= 0.6 is 0 Å². The highest BCUT2D eigenvalue weighted by Gasteiger charge is 2.10. The van der Waals surface area contributed by atoms with E-state index in [1.54, 1.807) is 33.5 Å². The number of rotatable bonds is 5. The van der Waals surface area contributed by atoms with Gasteiger partial charge in [-0.2, -0.15) is 0 Å². The summed E-state index contributed by atoms with van der Waals surface area (Å²) >= 11 is 0. The van der Waals surface area contributed by atoms with Crippen molar-refractivity contribution in [2.45, 2.75) is 12.8 Å². The van der Waals surface area contributed by atoms with Crippen LogP contribution in [0.5, 0.6) is 17.2 Å². The molecule has 0 saturated heterocycles. The Balaban J connectivity index is 3.09. The smallest absolute Gasteiger partial charge is 0.141 e. The molecular formula is C14H19NO3. The van der Waals surface area contributed by atoms with Gasteiger partial charge in [-0.1, -0.05) is 11.8 Å². The van der Waals surface area contributed by atoms with Crippen molar-refractivity contribution >= 4 is 0 Å². The minimum atomic E-state index is 0.644. The minimum absolute atomic E-state index is 0.644. The monoisotopic (exact) mass is 249 g/mol. The lowest BCUT2D eigenvalue weighted by Gasteiger charge is -2.11. The van der Waals surface area contributed by atoms with Gasteiger partial charge in [-0.3, -0.25) is 0 Å². The molecule has 0 aromatic heterocycles. The van der Waals surface area contributed by atoms with Crippen LogP contribution in [0.3, 0.4) is 0 Å². The Hall–Kier alpha value is -1.86. The summed E-state index contributed by atoms with van der Waals surface area (Å²) < 4.78 is 15.8. The average Bonchev–Trinajstić information content (AvgIpc) is 2.42. The van der Waals surface area contributed by atoms with E-state index in [-0.39, 0.29) is 0 Å². The number of methoxy groups -OCH3 is 3. The number of hydrogen-bond acceptors (Lipinski definition) is 4. The maximum absolute atomic E-state index is 5.42. The van der Waals surface area contributed by atoms with Crippen LogP contribution in [-0.4, -0.2) is 27.9 Å². The molecule has 0 bridgehead atoms. The number of ether oxygens (including phenoxy) is 3. The SMILES string of the molecule is COc1cc(OC)c(C#CCCCN)c(OC)c1. The van der Waals surface area contributed by atoms with Crippen LogP contribution in [0.25, 0.3) is 0 Å². The first-order chi connectivity index (χ1) is 8.76. The van der Waals surface area contributed by atoms with Gasteiger partial charge in [-0.05, 0) is 13.0 Å². The third-order valence-electron chi connectivity index (χ3n) is 2.43. The van der Waals surface area contributed by atoms with E-state index in [4.69, 9.17) is 19.9 Å². The molecule has 4 heteroatoms. The molecule has 0 amide bonds.